The van der Waals surface area contributed by atoms with Gasteiger partial charge in [0.15, 0.2) is 0 Å². The summed E-state index contributed by atoms with van der Waals surface area (Å²) in [6.07, 6.45) is 6.97. The molecule has 1 atom stereocenters. The fourth-order valence-corrected chi connectivity index (χ4v) is 4.02. The quantitative estimate of drug-likeness (QED) is 0.250. The third kappa shape index (κ3) is 9.71. The lowest BCUT2D eigenvalue weighted by molar-refractivity contribution is -0.0980. The molecule has 2 aromatic heterocycles. The van der Waals surface area contributed by atoms with Crippen LogP contribution >= 0.6 is 0 Å². The fraction of sp³-hybridized carbons (Fsp3) is 0.273. The summed E-state index contributed by atoms with van der Waals surface area (Å²) in [4.78, 5) is 29.1. The SMILES string of the molecule is C=O.CCCO.CNC(=O)NC(Cc1ccccc1)c1nccn1-c1ccc2c(c1)ncn2C.Cc1ccccc1C. The molecular formula is C33H42N6O3. The van der Waals surface area contributed by atoms with Crippen molar-refractivity contribution in [1.82, 2.24) is 29.7 Å². The van der Waals surface area contributed by atoms with Crippen LogP contribution in [0.3, 0.4) is 0 Å². The van der Waals surface area contributed by atoms with Crippen molar-refractivity contribution in [2.24, 2.45) is 7.05 Å². The first-order chi connectivity index (χ1) is 20.4. The van der Waals surface area contributed by atoms with Crippen molar-refractivity contribution >= 4 is 23.9 Å². The minimum Gasteiger partial charge on any atom is -0.396 e. The lowest BCUT2D eigenvalue weighted by atomic mass is 10.1. The minimum absolute atomic E-state index is 0.240. The second-order valence-electron chi connectivity index (χ2n) is 9.46. The maximum atomic E-state index is 12.1. The number of nitrogens with zero attached hydrogens (tertiary/aromatic N) is 4. The van der Waals surface area contributed by atoms with Gasteiger partial charge < -0.3 is 29.7 Å². The normalized spacial score (nSPS) is 10.6. The first-order valence-corrected chi connectivity index (χ1v) is 13.8. The number of aromatic nitrogens is 4. The standard InChI is InChI=1S/C21H22N6O.C8H10.C3H8O.CH2O/c1-22-21(28)25-18(12-15-6-4-3-5-7-15)20-23-10-11-27(20)16-8-9-19-17(13-16)24-14-26(19)2;1-7-5-3-4-6-8(7)2;1-2-3-4;1-2/h3-11,13-14,18H,12H2,1-2H3,(H2,22,25,28);3-6H,1-2H3;4H,2-3H2,1H3;1H2. The summed E-state index contributed by atoms with van der Waals surface area (Å²) in [6, 6.07) is 24.0. The zero-order valence-electron chi connectivity index (χ0n) is 25.1. The molecular weight excluding hydrogens is 528 g/mol. The smallest absolute Gasteiger partial charge is 0.315 e. The number of aryl methyl sites for hydroxylation is 3. The second kappa shape index (κ2) is 17.8. The average molecular weight is 571 g/mol. The summed E-state index contributed by atoms with van der Waals surface area (Å²) in [5.74, 6) is 0.766. The van der Waals surface area contributed by atoms with E-state index < -0.39 is 0 Å². The molecule has 1 unspecified atom stereocenters. The summed E-state index contributed by atoms with van der Waals surface area (Å²) in [5.41, 5.74) is 6.79. The van der Waals surface area contributed by atoms with Gasteiger partial charge >= 0.3 is 6.03 Å². The zero-order valence-corrected chi connectivity index (χ0v) is 25.1. The Morgan fingerprint density at radius 3 is 2.17 bits per heavy atom. The average Bonchev–Trinajstić information content (AvgIpc) is 3.67. The molecule has 0 aliphatic heterocycles. The number of nitrogens with one attached hydrogen (secondary N) is 2. The van der Waals surface area contributed by atoms with Crippen LogP contribution in [0.1, 0.15) is 41.9 Å². The Bertz CT molecular complexity index is 1470. The molecule has 0 bridgehead atoms. The molecule has 5 rings (SSSR count). The molecule has 0 radical (unpaired) electrons. The number of urea groups is 1. The predicted octanol–water partition coefficient (Wildman–Crippen LogP) is 5.48. The Balaban J connectivity index is 0.000000366. The van der Waals surface area contributed by atoms with E-state index in [0.29, 0.717) is 13.0 Å². The number of amides is 2. The summed E-state index contributed by atoms with van der Waals surface area (Å²) in [7, 11) is 3.58. The molecule has 3 N–H and O–H groups in total. The molecule has 0 saturated heterocycles. The molecule has 0 fully saturated rings. The van der Waals surface area contributed by atoms with Crippen LogP contribution in [0, 0.1) is 13.8 Å². The third-order valence-electron chi connectivity index (χ3n) is 6.43. The van der Waals surface area contributed by atoms with Gasteiger partial charge in [0.25, 0.3) is 0 Å². The molecule has 0 aliphatic rings. The predicted molar refractivity (Wildman–Crippen MR) is 169 cm³/mol. The van der Waals surface area contributed by atoms with E-state index in [1.54, 1.807) is 19.6 Å². The molecule has 222 valence electrons. The Hall–Kier alpha value is -4.76. The lowest BCUT2D eigenvalue weighted by Crippen LogP contribution is -2.37. The monoisotopic (exact) mass is 570 g/mol. The summed E-state index contributed by atoms with van der Waals surface area (Å²) in [5, 5.41) is 13.5. The van der Waals surface area contributed by atoms with Gasteiger partial charge in [0.2, 0.25) is 0 Å². The first-order valence-electron chi connectivity index (χ1n) is 13.8. The third-order valence-corrected chi connectivity index (χ3v) is 6.43. The Morgan fingerprint density at radius 1 is 0.976 bits per heavy atom. The van der Waals surface area contributed by atoms with Gasteiger partial charge in [-0.05, 0) is 61.6 Å². The van der Waals surface area contributed by atoms with E-state index in [1.165, 1.54) is 11.1 Å². The second-order valence-corrected chi connectivity index (χ2v) is 9.46. The van der Waals surface area contributed by atoms with Crippen LogP contribution in [0.4, 0.5) is 4.79 Å². The fourth-order valence-electron chi connectivity index (χ4n) is 4.02. The van der Waals surface area contributed by atoms with Crippen LogP contribution in [0.5, 0.6) is 0 Å². The van der Waals surface area contributed by atoms with Crippen LogP contribution in [-0.2, 0) is 18.3 Å². The minimum atomic E-state index is -0.281. The van der Waals surface area contributed by atoms with Gasteiger partial charge in [-0.2, -0.15) is 0 Å². The van der Waals surface area contributed by atoms with Gasteiger partial charge in [-0.1, -0.05) is 61.5 Å². The summed E-state index contributed by atoms with van der Waals surface area (Å²) >= 11 is 0. The highest BCUT2D eigenvalue weighted by molar-refractivity contribution is 5.78. The Morgan fingerprint density at radius 2 is 1.60 bits per heavy atom. The van der Waals surface area contributed by atoms with Crippen LogP contribution in [0.25, 0.3) is 16.7 Å². The Labute approximate surface area is 248 Å². The zero-order chi connectivity index (χ0) is 30.9. The molecule has 5 aromatic rings. The number of rotatable bonds is 6. The molecule has 42 heavy (non-hydrogen) atoms. The number of imidazole rings is 2. The highest BCUT2D eigenvalue weighted by Crippen LogP contribution is 2.23. The van der Waals surface area contributed by atoms with Gasteiger partial charge in [-0.25, -0.2) is 14.8 Å². The molecule has 3 aromatic carbocycles. The Kier molecular flexibility index (Phi) is 14.2. The van der Waals surface area contributed by atoms with Crippen molar-refractivity contribution in [3.63, 3.8) is 0 Å². The van der Waals surface area contributed by atoms with Gasteiger partial charge in [0.1, 0.15) is 12.6 Å². The highest BCUT2D eigenvalue weighted by Gasteiger charge is 2.20. The molecule has 0 spiro atoms. The van der Waals surface area contributed by atoms with E-state index in [2.05, 4.69) is 58.7 Å². The highest BCUT2D eigenvalue weighted by atomic mass is 16.2. The van der Waals surface area contributed by atoms with E-state index in [4.69, 9.17) is 9.90 Å². The van der Waals surface area contributed by atoms with Crippen LogP contribution in [-0.4, -0.2) is 50.7 Å². The maximum absolute atomic E-state index is 12.1. The molecule has 0 aliphatic carbocycles. The van der Waals surface area contributed by atoms with E-state index in [0.717, 1.165) is 34.5 Å². The number of carbonyl (C=O) groups is 2. The van der Waals surface area contributed by atoms with Crippen LogP contribution in [0.15, 0.2) is 91.5 Å². The van der Waals surface area contributed by atoms with Crippen molar-refractivity contribution < 1.29 is 14.7 Å². The van der Waals surface area contributed by atoms with Crippen LogP contribution in [0.2, 0.25) is 0 Å². The number of fused-ring (bicyclic) bond motifs is 1. The molecule has 2 heterocycles. The van der Waals surface area contributed by atoms with Gasteiger partial charge in [0, 0.05) is 38.8 Å². The topological polar surface area (TPSA) is 114 Å². The van der Waals surface area contributed by atoms with Gasteiger partial charge in [-0.15, -0.1) is 0 Å². The summed E-state index contributed by atoms with van der Waals surface area (Å²) in [6.45, 7) is 8.49. The van der Waals surface area contributed by atoms with Crippen molar-refractivity contribution in [1.29, 1.82) is 0 Å². The van der Waals surface area contributed by atoms with Crippen molar-refractivity contribution in [3.05, 3.63) is 114 Å². The lowest BCUT2D eigenvalue weighted by Gasteiger charge is -2.20. The van der Waals surface area contributed by atoms with Gasteiger partial charge in [-0.3, -0.25) is 0 Å². The van der Waals surface area contributed by atoms with Crippen molar-refractivity contribution in [3.8, 4) is 5.69 Å². The van der Waals surface area contributed by atoms with E-state index in [1.807, 2.05) is 84.6 Å². The number of carbonyl (C=O) groups excluding carboxylic acids is 2. The van der Waals surface area contributed by atoms with Crippen molar-refractivity contribution in [2.45, 2.75) is 39.7 Å². The van der Waals surface area contributed by atoms with E-state index in [9.17, 15) is 4.79 Å². The van der Waals surface area contributed by atoms with E-state index in [-0.39, 0.29) is 12.1 Å². The first kappa shape index (κ1) is 33.4. The van der Waals surface area contributed by atoms with Crippen molar-refractivity contribution in [2.75, 3.05) is 13.7 Å². The number of hydrogen-bond acceptors (Lipinski definition) is 5. The largest absolute Gasteiger partial charge is 0.396 e. The van der Waals surface area contributed by atoms with Gasteiger partial charge in [0.05, 0.1) is 23.4 Å². The molecule has 2 amide bonds. The van der Waals surface area contributed by atoms with E-state index >= 15 is 0 Å². The number of aliphatic hydroxyl groups is 1. The summed E-state index contributed by atoms with van der Waals surface area (Å²) < 4.78 is 3.98. The number of benzene rings is 3. The molecule has 0 saturated carbocycles. The molecule has 9 nitrogen and oxygen atoms in total. The maximum Gasteiger partial charge on any atom is 0.315 e. The molecule has 9 heteroatoms. The van der Waals surface area contributed by atoms with Crippen LogP contribution < -0.4 is 10.6 Å². The number of aliphatic hydroxyl groups excluding tert-OH is 1. The number of hydrogen-bond donors (Lipinski definition) is 3.